The van der Waals surface area contributed by atoms with Crippen molar-refractivity contribution in [1.82, 2.24) is 9.78 Å². The Labute approximate surface area is 160 Å². The number of primary sulfonamides is 1. The Hall–Kier alpha value is -3.17. The van der Waals surface area contributed by atoms with Crippen molar-refractivity contribution in [2.75, 3.05) is 0 Å². The molecular formula is C18H12ClN5O2S. The number of nitrogens with zero attached hydrogens (tertiary/aromatic N) is 4. The molecule has 134 valence electrons. The number of aromatic nitrogens is 2. The topological polar surface area (TPSA) is 126 Å². The van der Waals surface area contributed by atoms with Gasteiger partial charge in [0.25, 0.3) is 0 Å². The lowest BCUT2D eigenvalue weighted by molar-refractivity contribution is 0.598. The zero-order valence-electron chi connectivity index (χ0n) is 13.8. The third-order valence-corrected chi connectivity index (χ3v) is 5.08. The standard InChI is InChI=1S/C18H12ClN5O2S/c19-13-7-5-12(6-8-13)17-15(11-21)24(10-9-20)23-18(17)14-3-1-2-4-16(14)27(22,25)26/h1-8H,10H2,(H2,22,25,26). The van der Waals surface area contributed by atoms with Crippen LogP contribution in [0.4, 0.5) is 0 Å². The van der Waals surface area contributed by atoms with Crippen LogP contribution in [0.15, 0.2) is 53.4 Å². The number of sulfonamides is 1. The average Bonchev–Trinajstić information content (AvgIpc) is 3.00. The van der Waals surface area contributed by atoms with E-state index in [1.54, 1.807) is 42.5 Å². The van der Waals surface area contributed by atoms with E-state index in [-0.39, 0.29) is 28.4 Å². The summed E-state index contributed by atoms with van der Waals surface area (Å²) in [6, 6.07) is 16.8. The Morgan fingerprint density at radius 2 is 1.78 bits per heavy atom. The van der Waals surface area contributed by atoms with Crippen LogP contribution >= 0.6 is 11.6 Å². The molecule has 0 atom stereocenters. The second kappa shape index (κ2) is 7.22. The van der Waals surface area contributed by atoms with Crippen LogP contribution in [0.5, 0.6) is 0 Å². The van der Waals surface area contributed by atoms with Gasteiger partial charge in [-0.05, 0) is 23.8 Å². The normalized spacial score (nSPS) is 11.0. The van der Waals surface area contributed by atoms with Gasteiger partial charge in [0, 0.05) is 16.1 Å². The van der Waals surface area contributed by atoms with Crippen molar-refractivity contribution in [3.8, 4) is 34.5 Å². The molecule has 0 amide bonds. The Kier molecular flexibility index (Phi) is 4.98. The lowest BCUT2D eigenvalue weighted by Gasteiger charge is -2.08. The molecule has 0 radical (unpaired) electrons. The summed E-state index contributed by atoms with van der Waals surface area (Å²) in [5.41, 5.74) is 1.64. The molecule has 27 heavy (non-hydrogen) atoms. The van der Waals surface area contributed by atoms with Gasteiger partial charge >= 0.3 is 0 Å². The quantitative estimate of drug-likeness (QED) is 0.724. The summed E-state index contributed by atoms with van der Waals surface area (Å²) < 4.78 is 25.3. The van der Waals surface area contributed by atoms with Crippen LogP contribution in [0, 0.1) is 22.7 Å². The van der Waals surface area contributed by atoms with Gasteiger partial charge in [-0.2, -0.15) is 15.6 Å². The summed E-state index contributed by atoms with van der Waals surface area (Å²) in [4.78, 5) is -0.119. The average molecular weight is 398 g/mol. The molecule has 0 spiro atoms. The Bertz CT molecular complexity index is 1200. The van der Waals surface area contributed by atoms with E-state index in [4.69, 9.17) is 22.0 Å². The highest BCUT2D eigenvalue weighted by Crippen LogP contribution is 2.37. The predicted molar refractivity (Wildman–Crippen MR) is 99.8 cm³/mol. The SMILES string of the molecule is N#CCn1nc(-c2ccccc2S(N)(=O)=O)c(-c2ccc(Cl)cc2)c1C#N. The fourth-order valence-corrected chi connectivity index (χ4v) is 3.61. The van der Waals surface area contributed by atoms with Gasteiger partial charge in [0.15, 0.2) is 0 Å². The summed E-state index contributed by atoms with van der Waals surface area (Å²) >= 11 is 5.94. The minimum absolute atomic E-state index is 0.119. The predicted octanol–water partition coefficient (Wildman–Crippen LogP) is 2.91. The monoisotopic (exact) mass is 397 g/mol. The minimum atomic E-state index is -4.03. The van der Waals surface area contributed by atoms with Gasteiger partial charge in [0.05, 0.1) is 11.0 Å². The first-order valence-electron chi connectivity index (χ1n) is 7.63. The first-order valence-corrected chi connectivity index (χ1v) is 9.55. The molecule has 9 heteroatoms. The van der Waals surface area contributed by atoms with Crippen LogP contribution < -0.4 is 5.14 Å². The van der Waals surface area contributed by atoms with Gasteiger partial charge in [-0.25, -0.2) is 18.2 Å². The molecule has 0 aliphatic carbocycles. The molecule has 1 aromatic heterocycles. The van der Waals surface area contributed by atoms with Gasteiger partial charge in [-0.15, -0.1) is 0 Å². The van der Waals surface area contributed by atoms with E-state index in [2.05, 4.69) is 5.10 Å². The fraction of sp³-hybridized carbons (Fsp3) is 0.0556. The van der Waals surface area contributed by atoms with Gasteiger partial charge in [-0.3, -0.25) is 0 Å². The second-order valence-electron chi connectivity index (χ2n) is 5.55. The number of nitriles is 2. The first-order chi connectivity index (χ1) is 12.9. The molecule has 1 heterocycles. The molecule has 2 aromatic carbocycles. The summed E-state index contributed by atoms with van der Waals surface area (Å²) in [6.07, 6.45) is 0. The number of benzene rings is 2. The van der Waals surface area contributed by atoms with E-state index in [1.807, 2.05) is 12.1 Å². The maximum Gasteiger partial charge on any atom is 0.238 e. The van der Waals surface area contributed by atoms with Crippen molar-refractivity contribution >= 4 is 21.6 Å². The smallest absolute Gasteiger partial charge is 0.238 e. The Morgan fingerprint density at radius 1 is 1.11 bits per heavy atom. The van der Waals surface area contributed by atoms with Crippen molar-refractivity contribution in [2.45, 2.75) is 11.4 Å². The van der Waals surface area contributed by atoms with Crippen LogP contribution in [-0.2, 0) is 16.6 Å². The third-order valence-electron chi connectivity index (χ3n) is 3.86. The number of rotatable bonds is 4. The molecule has 2 N–H and O–H groups in total. The first kappa shape index (κ1) is 18.6. The van der Waals surface area contributed by atoms with E-state index in [0.717, 1.165) is 0 Å². The Morgan fingerprint density at radius 3 is 2.37 bits per heavy atom. The highest BCUT2D eigenvalue weighted by atomic mass is 35.5. The fourth-order valence-electron chi connectivity index (χ4n) is 2.75. The lowest BCUT2D eigenvalue weighted by Crippen LogP contribution is -2.13. The van der Waals surface area contributed by atoms with E-state index < -0.39 is 10.0 Å². The summed E-state index contributed by atoms with van der Waals surface area (Å²) in [5.74, 6) is 0. The number of hydrogen-bond donors (Lipinski definition) is 1. The molecular weight excluding hydrogens is 386 g/mol. The maximum atomic E-state index is 12.0. The number of hydrogen-bond acceptors (Lipinski definition) is 5. The van der Waals surface area contributed by atoms with Crippen LogP contribution in [0.1, 0.15) is 5.69 Å². The zero-order valence-corrected chi connectivity index (χ0v) is 15.4. The van der Waals surface area contributed by atoms with Crippen LogP contribution in [0.25, 0.3) is 22.4 Å². The molecule has 0 fully saturated rings. The molecule has 7 nitrogen and oxygen atoms in total. The molecule has 0 bridgehead atoms. The highest BCUT2D eigenvalue weighted by Gasteiger charge is 2.25. The van der Waals surface area contributed by atoms with E-state index >= 15 is 0 Å². The summed E-state index contributed by atoms with van der Waals surface area (Å²) in [7, 11) is -4.03. The van der Waals surface area contributed by atoms with Crippen LogP contribution in [0.3, 0.4) is 0 Å². The number of nitrogens with two attached hydrogens (primary N) is 1. The lowest BCUT2D eigenvalue weighted by atomic mass is 9.99. The van der Waals surface area contributed by atoms with E-state index in [1.165, 1.54) is 10.7 Å². The maximum absolute atomic E-state index is 12.0. The molecule has 0 saturated heterocycles. The van der Waals surface area contributed by atoms with Gasteiger partial charge < -0.3 is 0 Å². The Balaban J connectivity index is 2.40. The van der Waals surface area contributed by atoms with Crippen LogP contribution in [0.2, 0.25) is 5.02 Å². The van der Waals surface area contributed by atoms with Gasteiger partial charge in [0.1, 0.15) is 24.0 Å². The molecule has 3 aromatic rings. The second-order valence-corrected chi connectivity index (χ2v) is 7.51. The van der Waals surface area contributed by atoms with Crippen molar-refractivity contribution < 1.29 is 8.42 Å². The largest absolute Gasteiger partial charge is 0.239 e. The van der Waals surface area contributed by atoms with Crippen molar-refractivity contribution in [2.24, 2.45) is 5.14 Å². The van der Waals surface area contributed by atoms with E-state index in [0.29, 0.717) is 16.1 Å². The molecule has 3 rings (SSSR count). The molecule has 0 saturated carbocycles. The zero-order chi connectivity index (χ0) is 19.6. The van der Waals surface area contributed by atoms with Crippen molar-refractivity contribution in [1.29, 1.82) is 10.5 Å². The van der Waals surface area contributed by atoms with E-state index in [9.17, 15) is 13.7 Å². The van der Waals surface area contributed by atoms with Gasteiger partial charge in [-0.1, -0.05) is 41.9 Å². The van der Waals surface area contributed by atoms with Crippen LogP contribution in [-0.4, -0.2) is 18.2 Å². The minimum Gasteiger partial charge on any atom is -0.239 e. The summed E-state index contributed by atoms with van der Waals surface area (Å²) in [6.45, 7) is -0.166. The highest BCUT2D eigenvalue weighted by molar-refractivity contribution is 7.89. The van der Waals surface area contributed by atoms with Crippen molar-refractivity contribution in [3.63, 3.8) is 0 Å². The molecule has 0 aliphatic heterocycles. The molecule has 0 unspecified atom stereocenters. The summed E-state index contributed by atoms with van der Waals surface area (Å²) in [5, 5.41) is 28.9. The van der Waals surface area contributed by atoms with Gasteiger partial charge in [0.2, 0.25) is 10.0 Å². The van der Waals surface area contributed by atoms with Crippen molar-refractivity contribution in [3.05, 3.63) is 59.2 Å². The molecule has 0 aliphatic rings. The third kappa shape index (κ3) is 3.55. The number of halogens is 1.